The summed E-state index contributed by atoms with van der Waals surface area (Å²) in [6, 6.07) is 3.74. The molecular weight excluding hydrogens is 551 g/mol. The highest BCUT2D eigenvalue weighted by Gasteiger charge is 2.37. The Kier molecular flexibility index (Phi) is 9.50. The van der Waals surface area contributed by atoms with Gasteiger partial charge < -0.3 is 10.6 Å². The average molecular weight is 585 g/mol. The second-order valence-corrected chi connectivity index (χ2v) is 11.2. The molecule has 0 bridgehead atoms. The summed E-state index contributed by atoms with van der Waals surface area (Å²) < 4.78 is 67.5. The van der Waals surface area contributed by atoms with Gasteiger partial charge >= 0.3 is 6.18 Å². The third kappa shape index (κ3) is 7.37. The number of benzene rings is 1. The predicted octanol–water partition coefficient (Wildman–Crippen LogP) is 7.36. The van der Waals surface area contributed by atoms with E-state index < -0.39 is 29.7 Å². The maximum Gasteiger partial charge on any atom is 0.416 e. The van der Waals surface area contributed by atoms with E-state index in [4.69, 9.17) is 11.6 Å². The zero-order chi connectivity index (χ0) is 29.1. The van der Waals surface area contributed by atoms with Crippen molar-refractivity contribution in [2.24, 2.45) is 11.8 Å². The van der Waals surface area contributed by atoms with Crippen molar-refractivity contribution < 1.29 is 26.7 Å². The number of halogens is 6. The number of fused-ring (bicyclic) bond motifs is 1. The molecule has 2 N–H and O–H groups in total. The summed E-state index contributed by atoms with van der Waals surface area (Å²) in [5.74, 6) is -2.34. The van der Waals surface area contributed by atoms with E-state index in [1.807, 2.05) is 0 Å². The van der Waals surface area contributed by atoms with Crippen molar-refractivity contribution in [3.63, 3.8) is 0 Å². The number of ketones is 1. The SMILES string of the molecule is C=CC(F)(F)C1CCCC(C(=O)CCC2Cc3nc(Cl)nc(N[C@H](C)c4cccc(C(F)(F)F)c4)c3C2)CCN1. The van der Waals surface area contributed by atoms with E-state index >= 15 is 0 Å². The summed E-state index contributed by atoms with van der Waals surface area (Å²) in [7, 11) is 0. The second-order valence-electron chi connectivity index (χ2n) is 10.8. The number of anilines is 1. The minimum Gasteiger partial charge on any atom is -0.363 e. The molecule has 1 aromatic heterocycles. The van der Waals surface area contributed by atoms with Crippen molar-refractivity contribution in [1.29, 1.82) is 0 Å². The number of hydrogen-bond donors (Lipinski definition) is 2. The largest absolute Gasteiger partial charge is 0.416 e. The van der Waals surface area contributed by atoms with Crippen LogP contribution >= 0.6 is 11.6 Å². The Bertz CT molecular complexity index is 1210. The van der Waals surface area contributed by atoms with E-state index in [0.717, 1.165) is 23.4 Å². The van der Waals surface area contributed by atoms with E-state index in [1.54, 1.807) is 13.0 Å². The predicted molar refractivity (Wildman–Crippen MR) is 145 cm³/mol. The number of nitrogens with one attached hydrogen (secondary N) is 2. The van der Waals surface area contributed by atoms with Gasteiger partial charge in [-0.2, -0.15) is 13.2 Å². The van der Waals surface area contributed by atoms with Crippen molar-refractivity contribution >= 4 is 23.2 Å². The molecule has 1 aromatic carbocycles. The van der Waals surface area contributed by atoms with Crippen LogP contribution < -0.4 is 10.6 Å². The highest BCUT2D eigenvalue weighted by atomic mass is 35.5. The summed E-state index contributed by atoms with van der Waals surface area (Å²) in [6.07, 6.45) is 0.483. The van der Waals surface area contributed by atoms with Crippen LogP contribution in [-0.2, 0) is 23.8 Å². The fraction of sp³-hybridized carbons (Fsp3) is 0.552. The monoisotopic (exact) mass is 584 g/mol. The van der Waals surface area contributed by atoms with Crippen molar-refractivity contribution in [3.8, 4) is 0 Å². The van der Waals surface area contributed by atoms with Crippen LogP contribution in [0.5, 0.6) is 0 Å². The average Bonchev–Trinajstić information content (AvgIpc) is 3.29. The molecule has 5 nitrogen and oxygen atoms in total. The number of alkyl halides is 5. The highest BCUT2D eigenvalue weighted by Crippen LogP contribution is 2.36. The minimum atomic E-state index is -4.44. The molecule has 40 heavy (non-hydrogen) atoms. The highest BCUT2D eigenvalue weighted by molar-refractivity contribution is 6.28. The molecule has 0 amide bonds. The zero-order valence-electron chi connectivity index (χ0n) is 22.3. The summed E-state index contributed by atoms with van der Waals surface area (Å²) >= 11 is 6.17. The van der Waals surface area contributed by atoms with Crippen LogP contribution in [0.15, 0.2) is 36.9 Å². The number of aromatic nitrogens is 2. The lowest BCUT2D eigenvalue weighted by atomic mass is 9.86. The van der Waals surface area contributed by atoms with Gasteiger partial charge in [-0.15, -0.1) is 0 Å². The van der Waals surface area contributed by atoms with Gasteiger partial charge in [0.25, 0.3) is 5.92 Å². The van der Waals surface area contributed by atoms with E-state index in [2.05, 4.69) is 27.2 Å². The van der Waals surface area contributed by atoms with Crippen molar-refractivity contribution in [3.05, 3.63) is 64.6 Å². The van der Waals surface area contributed by atoms with Gasteiger partial charge in [0, 0.05) is 23.9 Å². The van der Waals surface area contributed by atoms with Gasteiger partial charge in [-0.1, -0.05) is 25.1 Å². The van der Waals surface area contributed by atoms with Gasteiger partial charge in [0.05, 0.1) is 17.3 Å². The Morgan fingerprint density at radius 3 is 2.70 bits per heavy atom. The molecule has 4 rings (SSSR count). The van der Waals surface area contributed by atoms with Gasteiger partial charge in [-0.3, -0.25) is 4.79 Å². The van der Waals surface area contributed by atoms with Gasteiger partial charge in [0.15, 0.2) is 0 Å². The molecule has 11 heteroatoms. The van der Waals surface area contributed by atoms with E-state index in [9.17, 15) is 26.7 Å². The molecule has 1 aliphatic heterocycles. The number of nitrogens with zero attached hydrogens (tertiary/aromatic N) is 2. The van der Waals surface area contributed by atoms with Crippen molar-refractivity contribution in [2.75, 3.05) is 11.9 Å². The first kappa shape index (κ1) is 30.4. The maximum absolute atomic E-state index is 14.0. The topological polar surface area (TPSA) is 66.9 Å². The van der Waals surface area contributed by atoms with E-state index in [-0.39, 0.29) is 29.3 Å². The fourth-order valence-electron chi connectivity index (χ4n) is 5.70. The maximum atomic E-state index is 14.0. The molecule has 2 aromatic rings. The van der Waals surface area contributed by atoms with Crippen LogP contribution in [0, 0.1) is 11.8 Å². The quantitative estimate of drug-likeness (QED) is 0.183. The fourth-order valence-corrected chi connectivity index (χ4v) is 5.89. The van der Waals surface area contributed by atoms with Crippen LogP contribution in [-0.4, -0.2) is 34.3 Å². The van der Waals surface area contributed by atoms with Crippen molar-refractivity contribution in [1.82, 2.24) is 15.3 Å². The minimum absolute atomic E-state index is 0.0524. The van der Waals surface area contributed by atoms with Gasteiger partial charge in [0.2, 0.25) is 5.28 Å². The lowest BCUT2D eigenvalue weighted by molar-refractivity contribution is -0.137. The number of hydrogen-bond acceptors (Lipinski definition) is 5. The van der Waals surface area contributed by atoms with E-state index in [1.165, 1.54) is 6.07 Å². The summed E-state index contributed by atoms with van der Waals surface area (Å²) in [4.78, 5) is 21.7. The lowest BCUT2D eigenvalue weighted by Crippen LogP contribution is -2.45. The van der Waals surface area contributed by atoms with Gasteiger partial charge in [0.1, 0.15) is 11.6 Å². The first-order valence-corrected chi connectivity index (χ1v) is 14.0. The van der Waals surface area contributed by atoms with Crippen molar-refractivity contribution in [2.45, 2.75) is 82.5 Å². The van der Waals surface area contributed by atoms with Crippen LogP contribution in [0.2, 0.25) is 5.28 Å². The number of rotatable bonds is 9. The van der Waals surface area contributed by atoms with Crippen LogP contribution in [0.1, 0.15) is 73.9 Å². The molecule has 1 fully saturated rings. The Balaban J connectivity index is 1.34. The third-order valence-corrected chi connectivity index (χ3v) is 8.20. The molecular formula is C29H34ClF5N4O. The molecule has 218 valence electrons. The standard InChI is InChI=1S/C29H34ClF5N4O/c1-3-28(31,32)25-9-5-6-19(12-13-36-25)24(40)11-10-18-14-22-23(15-18)38-27(30)39-26(22)37-17(2)20-7-4-8-21(16-20)29(33,34)35/h3-4,7-8,16-19,25,36H,1,5-6,9-15H2,2H3,(H,37,38,39)/t17-,18?,19?,25?/m1/s1. The Labute approximate surface area is 236 Å². The first-order chi connectivity index (χ1) is 18.9. The second kappa shape index (κ2) is 12.5. The summed E-state index contributed by atoms with van der Waals surface area (Å²) in [6.45, 7) is 5.34. The molecule has 0 radical (unpaired) electrons. The van der Waals surface area contributed by atoms with Crippen LogP contribution in [0.4, 0.5) is 27.8 Å². The van der Waals surface area contributed by atoms with Gasteiger partial charge in [-0.25, -0.2) is 18.7 Å². The van der Waals surface area contributed by atoms with Gasteiger partial charge in [-0.05, 0) is 93.3 Å². The molecule has 0 spiro atoms. The first-order valence-electron chi connectivity index (χ1n) is 13.6. The molecule has 3 unspecified atom stereocenters. The molecule has 2 aliphatic rings. The summed E-state index contributed by atoms with van der Waals surface area (Å²) in [5.41, 5.74) is 1.39. The van der Waals surface area contributed by atoms with Crippen LogP contribution in [0.25, 0.3) is 0 Å². The molecule has 1 aliphatic carbocycles. The lowest BCUT2D eigenvalue weighted by Gasteiger charge is -2.29. The smallest absolute Gasteiger partial charge is 0.363 e. The molecule has 1 saturated heterocycles. The molecule has 0 saturated carbocycles. The Morgan fingerprint density at radius 2 is 1.98 bits per heavy atom. The normalized spacial score (nSPS) is 22.6. The zero-order valence-corrected chi connectivity index (χ0v) is 23.1. The van der Waals surface area contributed by atoms with Crippen LogP contribution in [0.3, 0.4) is 0 Å². The third-order valence-electron chi connectivity index (χ3n) is 8.03. The molecule has 4 atom stereocenters. The Hall–Kier alpha value is -2.59. The number of carbonyl (C=O) groups is 1. The molecule has 2 heterocycles. The van der Waals surface area contributed by atoms with E-state index in [0.29, 0.717) is 68.9 Å². The number of carbonyl (C=O) groups excluding carboxylic acids is 1. The summed E-state index contributed by atoms with van der Waals surface area (Å²) in [5, 5.41) is 6.15. The number of Topliss-reactive ketones (excluding diaryl/α,β-unsaturated/α-hetero) is 1. The Morgan fingerprint density at radius 1 is 1.20 bits per heavy atom.